The first-order valence-corrected chi connectivity index (χ1v) is 8.68. The van der Waals surface area contributed by atoms with Crippen molar-refractivity contribution in [2.75, 3.05) is 18.9 Å². The molecular formula is C20H23ClN2O3. The van der Waals surface area contributed by atoms with Crippen molar-refractivity contribution in [3.63, 3.8) is 0 Å². The molecule has 0 saturated heterocycles. The van der Waals surface area contributed by atoms with Crippen LogP contribution in [0, 0.1) is 13.8 Å². The van der Waals surface area contributed by atoms with Crippen LogP contribution < -0.4 is 10.1 Å². The fourth-order valence-corrected chi connectivity index (χ4v) is 2.56. The Kier molecular flexibility index (Phi) is 6.64. The average Bonchev–Trinajstić information content (AvgIpc) is 2.59. The van der Waals surface area contributed by atoms with E-state index in [1.165, 1.54) is 4.90 Å². The summed E-state index contributed by atoms with van der Waals surface area (Å²) in [6.45, 7) is 5.48. The van der Waals surface area contributed by atoms with E-state index in [0.717, 1.165) is 16.8 Å². The summed E-state index contributed by atoms with van der Waals surface area (Å²) in [7, 11) is 1.58. The van der Waals surface area contributed by atoms with Crippen molar-refractivity contribution in [2.24, 2.45) is 0 Å². The summed E-state index contributed by atoms with van der Waals surface area (Å²) in [6, 6.07) is 12.6. The molecule has 2 amide bonds. The molecule has 2 aromatic carbocycles. The highest BCUT2D eigenvalue weighted by molar-refractivity contribution is 6.30. The van der Waals surface area contributed by atoms with Gasteiger partial charge in [-0.2, -0.15) is 0 Å². The molecule has 0 unspecified atom stereocenters. The first kappa shape index (κ1) is 19.8. The van der Waals surface area contributed by atoms with Crippen LogP contribution in [0.2, 0.25) is 5.02 Å². The molecule has 0 saturated carbocycles. The van der Waals surface area contributed by atoms with E-state index in [1.54, 1.807) is 38.2 Å². The van der Waals surface area contributed by atoms with Gasteiger partial charge in [0.25, 0.3) is 5.91 Å². The summed E-state index contributed by atoms with van der Waals surface area (Å²) < 4.78 is 5.61. The monoisotopic (exact) mass is 374 g/mol. The Hall–Kier alpha value is -2.53. The second-order valence-corrected chi connectivity index (χ2v) is 6.71. The summed E-state index contributed by atoms with van der Waals surface area (Å²) >= 11 is 5.83. The van der Waals surface area contributed by atoms with Gasteiger partial charge in [-0.3, -0.25) is 9.59 Å². The zero-order chi connectivity index (χ0) is 19.3. The number of nitrogens with zero attached hydrogens (tertiary/aromatic N) is 1. The van der Waals surface area contributed by atoms with Crippen LogP contribution in [0.3, 0.4) is 0 Å². The normalized spacial score (nSPS) is 11.6. The van der Waals surface area contributed by atoms with Crippen molar-refractivity contribution in [3.8, 4) is 5.75 Å². The molecule has 0 radical (unpaired) electrons. The molecule has 138 valence electrons. The van der Waals surface area contributed by atoms with Crippen molar-refractivity contribution in [1.29, 1.82) is 0 Å². The van der Waals surface area contributed by atoms with Crippen molar-refractivity contribution in [3.05, 3.63) is 58.6 Å². The molecule has 2 aromatic rings. The Morgan fingerprint density at radius 3 is 2.46 bits per heavy atom. The zero-order valence-corrected chi connectivity index (χ0v) is 16.1. The molecule has 2 rings (SSSR count). The number of rotatable bonds is 6. The molecule has 5 nitrogen and oxygen atoms in total. The minimum atomic E-state index is -0.713. The van der Waals surface area contributed by atoms with Gasteiger partial charge < -0.3 is 15.0 Å². The minimum absolute atomic E-state index is 0.0550. The minimum Gasteiger partial charge on any atom is -0.481 e. The molecule has 1 N–H and O–H groups in total. The lowest BCUT2D eigenvalue weighted by atomic mass is 10.1. The van der Waals surface area contributed by atoms with Gasteiger partial charge in [-0.25, -0.2) is 0 Å². The summed E-state index contributed by atoms with van der Waals surface area (Å²) in [5, 5.41) is 3.44. The van der Waals surface area contributed by atoms with E-state index in [1.807, 2.05) is 32.0 Å². The molecule has 0 aliphatic rings. The highest BCUT2D eigenvalue weighted by Gasteiger charge is 2.21. The molecule has 0 spiro atoms. The third kappa shape index (κ3) is 5.49. The number of carbonyl (C=O) groups excluding carboxylic acids is 2. The maximum atomic E-state index is 12.4. The topological polar surface area (TPSA) is 58.6 Å². The Balaban J connectivity index is 1.91. The molecule has 0 heterocycles. The molecule has 0 aromatic heterocycles. The van der Waals surface area contributed by atoms with E-state index >= 15 is 0 Å². The van der Waals surface area contributed by atoms with Crippen molar-refractivity contribution < 1.29 is 14.3 Å². The van der Waals surface area contributed by atoms with Gasteiger partial charge in [-0.05, 0) is 62.2 Å². The Bertz CT molecular complexity index is 790. The third-order valence-corrected chi connectivity index (χ3v) is 4.15. The number of ether oxygens (including phenoxy) is 1. The smallest absolute Gasteiger partial charge is 0.263 e. The maximum Gasteiger partial charge on any atom is 0.263 e. The lowest BCUT2D eigenvalue weighted by Crippen LogP contribution is -2.42. The van der Waals surface area contributed by atoms with Crippen LogP contribution in [0.5, 0.6) is 5.75 Å². The molecule has 0 aliphatic carbocycles. The van der Waals surface area contributed by atoms with E-state index in [0.29, 0.717) is 10.8 Å². The second kappa shape index (κ2) is 8.72. The van der Waals surface area contributed by atoms with E-state index in [9.17, 15) is 9.59 Å². The van der Waals surface area contributed by atoms with Crippen LogP contribution in [0.25, 0.3) is 0 Å². The van der Waals surface area contributed by atoms with Crippen LogP contribution >= 0.6 is 11.6 Å². The second-order valence-electron chi connectivity index (χ2n) is 6.27. The quantitative estimate of drug-likeness (QED) is 0.836. The van der Waals surface area contributed by atoms with Gasteiger partial charge in [0.1, 0.15) is 5.75 Å². The van der Waals surface area contributed by atoms with Crippen molar-refractivity contribution >= 4 is 29.1 Å². The van der Waals surface area contributed by atoms with Crippen LogP contribution in [-0.4, -0.2) is 36.4 Å². The highest BCUT2D eigenvalue weighted by Crippen LogP contribution is 2.18. The molecule has 1 atom stereocenters. The molecule has 0 bridgehead atoms. The predicted octanol–water partition coefficient (Wildman–Crippen LogP) is 3.82. The van der Waals surface area contributed by atoms with Crippen molar-refractivity contribution in [1.82, 2.24) is 4.90 Å². The number of aryl methyl sites for hydroxylation is 2. The lowest BCUT2D eigenvalue weighted by molar-refractivity contribution is -0.139. The SMILES string of the molecule is Cc1ccc(C)c(NC(=O)CN(C)C(=O)[C@@H](C)Oc2ccc(Cl)cc2)c1. The number of anilines is 1. The third-order valence-electron chi connectivity index (χ3n) is 3.90. The summed E-state index contributed by atoms with van der Waals surface area (Å²) in [5.41, 5.74) is 2.78. The van der Waals surface area contributed by atoms with E-state index < -0.39 is 6.10 Å². The van der Waals surface area contributed by atoms with Gasteiger partial charge in [0, 0.05) is 17.8 Å². The van der Waals surface area contributed by atoms with E-state index in [2.05, 4.69) is 5.32 Å². The Morgan fingerprint density at radius 2 is 1.81 bits per heavy atom. The number of hydrogen-bond donors (Lipinski definition) is 1. The first-order chi connectivity index (χ1) is 12.3. The highest BCUT2D eigenvalue weighted by atomic mass is 35.5. The van der Waals surface area contributed by atoms with Gasteiger partial charge >= 0.3 is 0 Å². The van der Waals surface area contributed by atoms with Crippen LogP contribution in [0.15, 0.2) is 42.5 Å². The molecule has 0 aliphatic heterocycles. The number of nitrogens with one attached hydrogen (secondary N) is 1. The van der Waals surface area contributed by atoms with E-state index in [-0.39, 0.29) is 18.4 Å². The number of carbonyl (C=O) groups is 2. The number of halogens is 1. The van der Waals surface area contributed by atoms with Gasteiger partial charge in [0.05, 0.1) is 6.54 Å². The number of likely N-dealkylation sites (N-methyl/N-ethyl adjacent to an activating group) is 1. The first-order valence-electron chi connectivity index (χ1n) is 8.30. The maximum absolute atomic E-state index is 12.4. The van der Waals surface area contributed by atoms with Gasteiger partial charge in [-0.1, -0.05) is 23.7 Å². The summed E-state index contributed by atoms with van der Waals surface area (Å²) in [6.07, 6.45) is -0.713. The Morgan fingerprint density at radius 1 is 1.15 bits per heavy atom. The zero-order valence-electron chi connectivity index (χ0n) is 15.4. The fourth-order valence-electron chi connectivity index (χ4n) is 2.43. The van der Waals surface area contributed by atoms with Crippen LogP contribution in [0.4, 0.5) is 5.69 Å². The number of amides is 2. The van der Waals surface area contributed by atoms with Gasteiger partial charge in [-0.15, -0.1) is 0 Å². The van der Waals surface area contributed by atoms with E-state index in [4.69, 9.17) is 16.3 Å². The number of benzene rings is 2. The van der Waals surface area contributed by atoms with Crippen LogP contribution in [0.1, 0.15) is 18.1 Å². The largest absolute Gasteiger partial charge is 0.481 e. The van der Waals surface area contributed by atoms with Crippen molar-refractivity contribution in [2.45, 2.75) is 26.9 Å². The predicted molar refractivity (Wildman–Crippen MR) is 104 cm³/mol. The molecular weight excluding hydrogens is 352 g/mol. The summed E-state index contributed by atoms with van der Waals surface area (Å²) in [5.74, 6) is 0.00722. The van der Waals surface area contributed by atoms with Gasteiger partial charge in [0.15, 0.2) is 6.10 Å². The summed E-state index contributed by atoms with van der Waals surface area (Å²) in [4.78, 5) is 26.0. The molecule has 26 heavy (non-hydrogen) atoms. The Labute approximate surface area is 158 Å². The fraction of sp³-hybridized carbons (Fsp3) is 0.300. The van der Waals surface area contributed by atoms with Gasteiger partial charge in [0.2, 0.25) is 5.91 Å². The average molecular weight is 375 g/mol. The standard InChI is InChI=1S/C20H23ClN2O3/c1-13-5-6-14(2)18(11-13)22-19(24)12-23(4)20(25)15(3)26-17-9-7-16(21)8-10-17/h5-11,15H,12H2,1-4H3,(H,22,24)/t15-/m1/s1. The molecule has 6 heteroatoms. The van der Waals surface area contributed by atoms with Crippen LogP contribution in [-0.2, 0) is 9.59 Å². The number of hydrogen-bond acceptors (Lipinski definition) is 3. The lowest BCUT2D eigenvalue weighted by Gasteiger charge is -2.22. The molecule has 0 fully saturated rings.